The molecular weight excluding hydrogens is 278 g/mol. The topological polar surface area (TPSA) is 59.3 Å². The molecular formula is C18H15NO3. The molecule has 4 heteroatoms. The SMILES string of the molecule is COc1ccc(C=C(C#N)C(=O)c2ccccc2)c(OC)c1. The zero-order valence-corrected chi connectivity index (χ0v) is 12.4. The van der Waals surface area contributed by atoms with Crippen LogP contribution < -0.4 is 9.47 Å². The Hall–Kier alpha value is -3.06. The molecule has 0 unspecified atom stereocenters. The van der Waals surface area contributed by atoms with Gasteiger partial charge < -0.3 is 9.47 Å². The van der Waals surface area contributed by atoms with Crippen LogP contribution in [0, 0.1) is 11.3 Å². The molecule has 2 rings (SSSR count). The monoisotopic (exact) mass is 293 g/mol. The Morgan fingerprint density at radius 3 is 2.41 bits per heavy atom. The molecule has 4 nitrogen and oxygen atoms in total. The first kappa shape index (κ1) is 15.3. The zero-order valence-electron chi connectivity index (χ0n) is 12.4. The van der Waals surface area contributed by atoms with Gasteiger partial charge in [-0.15, -0.1) is 0 Å². The minimum atomic E-state index is -0.319. The van der Waals surface area contributed by atoms with E-state index in [9.17, 15) is 10.1 Å². The van der Waals surface area contributed by atoms with E-state index in [0.717, 1.165) is 0 Å². The van der Waals surface area contributed by atoms with E-state index < -0.39 is 0 Å². The van der Waals surface area contributed by atoms with Crippen molar-refractivity contribution in [3.63, 3.8) is 0 Å². The van der Waals surface area contributed by atoms with Crippen LogP contribution in [-0.4, -0.2) is 20.0 Å². The Labute approximate surface area is 129 Å². The number of carbonyl (C=O) groups is 1. The van der Waals surface area contributed by atoms with Gasteiger partial charge in [-0.05, 0) is 18.2 Å². The average Bonchev–Trinajstić information content (AvgIpc) is 2.59. The van der Waals surface area contributed by atoms with E-state index in [4.69, 9.17) is 9.47 Å². The van der Waals surface area contributed by atoms with Crippen molar-refractivity contribution < 1.29 is 14.3 Å². The van der Waals surface area contributed by atoms with Gasteiger partial charge in [-0.25, -0.2) is 0 Å². The van der Waals surface area contributed by atoms with Crippen molar-refractivity contribution in [3.05, 3.63) is 65.2 Å². The minimum Gasteiger partial charge on any atom is -0.497 e. The zero-order chi connectivity index (χ0) is 15.9. The molecule has 0 aliphatic heterocycles. The maximum absolute atomic E-state index is 12.3. The molecule has 0 heterocycles. The number of methoxy groups -OCH3 is 2. The molecule has 0 fully saturated rings. The molecule has 2 aromatic rings. The van der Waals surface area contributed by atoms with Crippen molar-refractivity contribution in [1.82, 2.24) is 0 Å². The van der Waals surface area contributed by atoms with Gasteiger partial charge in [0.05, 0.1) is 14.2 Å². The summed E-state index contributed by atoms with van der Waals surface area (Å²) in [6, 6.07) is 15.8. The maximum atomic E-state index is 12.3. The molecule has 22 heavy (non-hydrogen) atoms. The lowest BCUT2D eigenvalue weighted by molar-refractivity contribution is 0.104. The van der Waals surface area contributed by atoms with Gasteiger partial charge in [0.2, 0.25) is 5.78 Å². The molecule has 0 radical (unpaired) electrons. The van der Waals surface area contributed by atoms with Crippen molar-refractivity contribution >= 4 is 11.9 Å². The summed E-state index contributed by atoms with van der Waals surface area (Å²) in [7, 11) is 3.08. The predicted octanol–water partition coefficient (Wildman–Crippen LogP) is 3.49. The molecule has 110 valence electrons. The molecule has 0 aliphatic carbocycles. The number of allylic oxidation sites excluding steroid dienone is 1. The number of ketones is 1. The van der Waals surface area contributed by atoms with Crippen molar-refractivity contribution in [2.45, 2.75) is 0 Å². The standard InChI is InChI=1S/C18H15NO3/c1-21-16-9-8-14(17(11-16)22-2)10-15(12-19)18(20)13-6-4-3-5-7-13/h3-11H,1-2H3. The van der Waals surface area contributed by atoms with Crippen molar-refractivity contribution in [3.8, 4) is 17.6 Å². The summed E-state index contributed by atoms with van der Waals surface area (Å²) in [6.45, 7) is 0. The van der Waals surface area contributed by atoms with E-state index in [-0.39, 0.29) is 11.4 Å². The Bertz CT molecular complexity index is 743. The van der Waals surface area contributed by atoms with E-state index in [0.29, 0.717) is 22.6 Å². The summed E-state index contributed by atoms with van der Waals surface area (Å²) in [5, 5.41) is 9.28. The lowest BCUT2D eigenvalue weighted by atomic mass is 10.0. The number of nitrogens with zero attached hydrogens (tertiary/aromatic N) is 1. The quantitative estimate of drug-likeness (QED) is 0.481. The number of hydrogen-bond donors (Lipinski definition) is 0. The molecule has 0 saturated heterocycles. The lowest BCUT2D eigenvalue weighted by Crippen LogP contribution is -2.01. The Balaban J connectivity index is 2.42. The van der Waals surface area contributed by atoms with Gasteiger partial charge in [0.25, 0.3) is 0 Å². The van der Waals surface area contributed by atoms with E-state index in [1.54, 1.807) is 49.6 Å². The van der Waals surface area contributed by atoms with Crippen LogP contribution in [0.2, 0.25) is 0 Å². The van der Waals surface area contributed by atoms with Crippen LogP contribution in [0.15, 0.2) is 54.1 Å². The van der Waals surface area contributed by atoms with Crippen LogP contribution in [0.4, 0.5) is 0 Å². The van der Waals surface area contributed by atoms with Crippen molar-refractivity contribution in [2.24, 2.45) is 0 Å². The number of nitriles is 1. The third-order valence-corrected chi connectivity index (χ3v) is 3.14. The predicted molar refractivity (Wildman–Crippen MR) is 83.9 cm³/mol. The number of hydrogen-bond acceptors (Lipinski definition) is 4. The second-order valence-corrected chi connectivity index (χ2v) is 4.47. The summed E-state index contributed by atoms with van der Waals surface area (Å²) in [5.41, 5.74) is 1.17. The van der Waals surface area contributed by atoms with E-state index in [1.165, 1.54) is 13.2 Å². The summed E-state index contributed by atoms with van der Waals surface area (Å²) in [6.07, 6.45) is 1.52. The molecule has 0 atom stereocenters. The summed E-state index contributed by atoms with van der Waals surface area (Å²) < 4.78 is 10.4. The average molecular weight is 293 g/mol. The van der Waals surface area contributed by atoms with Crippen LogP contribution in [0.5, 0.6) is 11.5 Å². The van der Waals surface area contributed by atoms with Crippen molar-refractivity contribution in [1.29, 1.82) is 5.26 Å². The Morgan fingerprint density at radius 2 is 1.82 bits per heavy atom. The van der Waals surface area contributed by atoms with Gasteiger partial charge in [-0.2, -0.15) is 5.26 Å². The van der Waals surface area contributed by atoms with Gasteiger partial charge in [0.1, 0.15) is 23.1 Å². The van der Waals surface area contributed by atoms with E-state index >= 15 is 0 Å². The highest BCUT2D eigenvalue weighted by Crippen LogP contribution is 2.27. The second kappa shape index (κ2) is 7.09. The molecule has 0 saturated carbocycles. The fourth-order valence-corrected chi connectivity index (χ4v) is 1.99. The second-order valence-electron chi connectivity index (χ2n) is 4.47. The first-order valence-electron chi connectivity index (χ1n) is 6.63. The minimum absolute atomic E-state index is 0.0506. The third-order valence-electron chi connectivity index (χ3n) is 3.14. The van der Waals surface area contributed by atoms with Crippen LogP contribution in [0.1, 0.15) is 15.9 Å². The summed E-state index contributed by atoms with van der Waals surface area (Å²) >= 11 is 0. The third kappa shape index (κ3) is 3.33. The number of Topliss-reactive ketones (excluding diaryl/α,β-unsaturated/α-hetero) is 1. The molecule has 0 bridgehead atoms. The van der Waals surface area contributed by atoms with E-state index in [1.807, 2.05) is 12.1 Å². The number of benzene rings is 2. The van der Waals surface area contributed by atoms with Crippen LogP contribution in [0.3, 0.4) is 0 Å². The number of ether oxygens (including phenoxy) is 2. The van der Waals surface area contributed by atoms with Crippen LogP contribution in [-0.2, 0) is 0 Å². The van der Waals surface area contributed by atoms with Gasteiger partial charge in [-0.3, -0.25) is 4.79 Å². The van der Waals surface area contributed by atoms with Crippen LogP contribution in [0.25, 0.3) is 6.08 Å². The van der Waals surface area contributed by atoms with Crippen molar-refractivity contribution in [2.75, 3.05) is 14.2 Å². The largest absolute Gasteiger partial charge is 0.497 e. The highest BCUT2D eigenvalue weighted by Gasteiger charge is 2.13. The van der Waals surface area contributed by atoms with Gasteiger partial charge in [0.15, 0.2) is 0 Å². The fourth-order valence-electron chi connectivity index (χ4n) is 1.99. The molecule has 0 aliphatic rings. The summed E-state index contributed by atoms with van der Waals surface area (Å²) in [4.78, 5) is 12.3. The van der Waals surface area contributed by atoms with Crippen LogP contribution >= 0.6 is 0 Å². The fraction of sp³-hybridized carbons (Fsp3) is 0.111. The van der Waals surface area contributed by atoms with Gasteiger partial charge >= 0.3 is 0 Å². The number of carbonyl (C=O) groups excluding carboxylic acids is 1. The Morgan fingerprint density at radius 1 is 1.09 bits per heavy atom. The number of rotatable bonds is 5. The molecule has 0 spiro atoms. The first-order valence-corrected chi connectivity index (χ1v) is 6.63. The summed E-state index contributed by atoms with van der Waals surface area (Å²) in [5.74, 6) is 0.857. The van der Waals surface area contributed by atoms with E-state index in [2.05, 4.69) is 0 Å². The molecule has 0 amide bonds. The highest BCUT2D eigenvalue weighted by molar-refractivity contribution is 6.14. The Kier molecular flexibility index (Phi) is 4.94. The molecule has 2 aromatic carbocycles. The first-order chi connectivity index (χ1) is 10.7. The van der Waals surface area contributed by atoms with Gasteiger partial charge in [0, 0.05) is 17.2 Å². The highest BCUT2D eigenvalue weighted by atomic mass is 16.5. The van der Waals surface area contributed by atoms with Gasteiger partial charge in [-0.1, -0.05) is 30.3 Å². The molecule has 0 aromatic heterocycles. The molecule has 0 N–H and O–H groups in total. The normalized spacial score (nSPS) is 10.7. The maximum Gasteiger partial charge on any atom is 0.203 e. The smallest absolute Gasteiger partial charge is 0.203 e. The lowest BCUT2D eigenvalue weighted by Gasteiger charge is -2.08.